The fourth-order valence-corrected chi connectivity index (χ4v) is 3.63. The second-order valence-electron chi connectivity index (χ2n) is 7.36. The van der Waals surface area contributed by atoms with E-state index in [4.69, 9.17) is 10.5 Å². The van der Waals surface area contributed by atoms with Gasteiger partial charge in [-0.1, -0.05) is 19.9 Å². The van der Waals surface area contributed by atoms with Crippen LogP contribution in [0.4, 0.5) is 0 Å². The molecule has 2 aliphatic carbocycles. The average molecular weight is 273 g/mol. The second-order valence-corrected chi connectivity index (χ2v) is 7.36. The fraction of sp³-hybridized carbons (Fsp3) is 0.667. The Balaban J connectivity index is 1.73. The lowest BCUT2D eigenvalue weighted by Gasteiger charge is -2.39. The Labute approximate surface area is 122 Å². The number of ether oxygens (including phenoxy) is 1. The number of hydrogen-bond donors (Lipinski definition) is 1. The van der Waals surface area contributed by atoms with Crippen molar-refractivity contribution in [3.63, 3.8) is 0 Å². The van der Waals surface area contributed by atoms with Crippen LogP contribution in [0.1, 0.15) is 57.1 Å². The summed E-state index contributed by atoms with van der Waals surface area (Å²) in [5.74, 6) is 1.02. The van der Waals surface area contributed by atoms with E-state index in [0.717, 1.165) is 18.6 Å². The van der Waals surface area contributed by atoms with Crippen LogP contribution in [0, 0.1) is 5.41 Å². The van der Waals surface area contributed by atoms with Crippen LogP contribution in [-0.2, 0) is 12.8 Å². The SMILES string of the molecule is CC1(C)CCC(N)C(Oc2ccc3c(c2)CCCC3)C1. The van der Waals surface area contributed by atoms with Gasteiger partial charge in [-0.15, -0.1) is 0 Å². The first-order valence-electron chi connectivity index (χ1n) is 8.08. The Morgan fingerprint density at radius 2 is 1.90 bits per heavy atom. The summed E-state index contributed by atoms with van der Waals surface area (Å²) in [6.07, 6.45) is 8.58. The standard InChI is InChI=1S/C18H27NO/c1-18(2)10-9-16(19)17(12-18)20-15-8-7-13-5-3-4-6-14(13)11-15/h7-8,11,16-17H,3-6,9-10,12,19H2,1-2H3. The summed E-state index contributed by atoms with van der Waals surface area (Å²) in [5, 5.41) is 0. The van der Waals surface area contributed by atoms with Crippen molar-refractivity contribution in [1.82, 2.24) is 0 Å². The van der Waals surface area contributed by atoms with E-state index in [-0.39, 0.29) is 12.1 Å². The predicted molar refractivity (Wildman–Crippen MR) is 83.1 cm³/mol. The molecule has 1 aromatic rings. The Kier molecular flexibility index (Phi) is 3.76. The maximum Gasteiger partial charge on any atom is 0.120 e. The molecule has 1 saturated carbocycles. The first-order valence-corrected chi connectivity index (χ1v) is 8.08. The molecular formula is C18H27NO. The molecule has 0 aliphatic heterocycles. The zero-order chi connectivity index (χ0) is 14.2. The average Bonchev–Trinajstić information content (AvgIpc) is 2.43. The van der Waals surface area contributed by atoms with Crippen LogP contribution < -0.4 is 10.5 Å². The molecule has 2 heteroatoms. The molecule has 1 fully saturated rings. The van der Waals surface area contributed by atoms with E-state index >= 15 is 0 Å². The second kappa shape index (κ2) is 5.40. The molecule has 0 amide bonds. The summed E-state index contributed by atoms with van der Waals surface area (Å²) in [6.45, 7) is 4.64. The van der Waals surface area contributed by atoms with Crippen molar-refractivity contribution in [2.45, 2.75) is 70.9 Å². The summed E-state index contributed by atoms with van der Waals surface area (Å²) in [4.78, 5) is 0. The highest BCUT2D eigenvalue weighted by Crippen LogP contribution is 2.37. The summed E-state index contributed by atoms with van der Waals surface area (Å²) < 4.78 is 6.24. The molecule has 2 N–H and O–H groups in total. The molecule has 20 heavy (non-hydrogen) atoms. The van der Waals surface area contributed by atoms with Gasteiger partial charge in [-0.25, -0.2) is 0 Å². The van der Waals surface area contributed by atoms with Gasteiger partial charge in [0.05, 0.1) is 0 Å². The van der Waals surface area contributed by atoms with Gasteiger partial charge in [-0.05, 0) is 73.6 Å². The maximum absolute atomic E-state index is 6.26. The summed E-state index contributed by atoms with van der Waals surface area (Å²) in [6, 6.07) is 6.82. The van der Waals surface area contributed by atoms with Crippen LogP contribution in [0.25, 0.3) is 0 Å². The van der Waals surface area contributed by atoms with Crippen molar-refractivity contribution in [3.05, 3.63) is 29.3 Å². The Hall–Kier alpha value is -1.02. The van der Waals surface area contributed by atoms with Gasteiger partial charge in [0.15, 0.2) is 0 Å². The minimum atomic E-state index is 0.167. The van der Waals surface area contributed by atoms with E-state index in [0.29, 0.717) is 5.41 Å². The zero-order valence-corrected chi connectivity index (χ0v) is 12.8. The Morgan fingerprint density at radius 1 is 1.15 bits per heavy atom. The maximum atomic E-state index is 6.26. The van der Waals surface area contributed by atoms with Gasteiger partial charge in [0.1, 0.15) is 11.9 Å². The van der Waals surface area contributed by atoms with Crippen molar-refractivity contribution in [3.8, 4) is 5.75 Å². The highest BCUT2D eigenvalue weighted by Gasteiger charge is 2.34. The van der Waals surface area contributed by atoms with Crippen molar-refractivity contribution < 1.29 is 4.74 Å². The van der Waals surface area contributed by atoms with Crippen molar-refractivity contribution in [2.24, 2.45) is 11.1 Å². The Bertz CT molecular complexity index is 480. The molecule has 110 valence electrons. The molecule has 0 bridgehead atoms. The molecule has 1 aromatic carbocycles. The van der Waals surface area contributed by atoms with Gasteiger partial charge < -0.3 is 10.5 Å². The van der Waals surface area contributed by atoms with Crippen molar-refractivity contribution in [1.29, 1.82) is 0 Å². The molecule has 0 heterocycles. The van der Waals surface area contributed by atoms with Crippen LogP contribution in [-0.4, -0.2) is 12.1 Å². The summed E-state index contributed by atoms with van der Waals surface area (Å²) >= 11 is 0. The predicted octanol–water partition coefficient (Wildman–Crippen LogP) is 3.85. The molecular weight excluding hydrogens is 246 g/mol. The van der Waals surface area contributed by atoms with E-state index < -0.39 is 0 Å². The van der Waals surface area contributed by atoms with E-state index in [1.807, 2.05) is 0 Å². The molecule has 3 rings (SSSR count). The lowest BCUT2D eigenvalue weighted by atomic mass is 9.74. The van der Waals surface area contributed by atoms with Crippen LogP contribution in [0.5, 0.6) is 5.75 Å². The lowest BCUT2D eigenvalue weighted by Crippen LogP contribution is -2.46. The van der Waals surface area contributed by atoms with Gasteiger partial charge in [0, 0.05) is 6.04 Å². The lowest BCUT2D eigenvalue weighted by molar-refractivity contribution is 0.0668. The van der Waals surface area contributed by atoms with Crippen molar-refractivity contribution >= 4 is 0 Å². The van der Waals surface area contributed by atoms with E-state index in [2.05, 4.69) is 32.0 Å². The van der Waals surface area contributed by atoms with Gasteiger partial charge in [-0.3, -0.25) is 0 Å². The fourth-order valence-electron chi connectivity index (χ4n) is 3.63. The number of aryl methyl sites for hydroxylation is 2. The van der Waals surface area contributed by atoms with Gasteiger partial charge in [-0.2, -0.15) is 0 Å². The molecule has 0 aromatic heterocycles. The van der Waals surface area contributed by atoms with E-state index in [1.165, 1.54) is 43.2 Å². The number of nitrogens with two attached hydrogens (primary N) is 1. The third-order valence-corrected chi connectivity index (χ3v) is 4.99. The largest absolute Gasteiger partial charge is 0.489 e. The number of fused-ring (bicyclic) bond motifs is 1. The summed E-state index contributed by atoms with van der Waals surface area (Å²) in [5.41, 5.74) is 9.61. The minimum Gasteiger partial charge on any atom is -0.489 e. The molecule has 0 saturated heterocycles. The molecule has 0 spiro atoms. The van der Waals surface area contributed by atoms with Gasteiger partial charge in [0.2, 0.25) is 0 Å². The van der Waals surface area contributed by atoms with E-state index in [9.17, 15) is 0 Å². The van der Waals surface area contributed by atoms with E-state index in [1.54, 1.807) is 0 Å². The zero-order valence-electron chi connectivity index (χ0n) is 12.8. The highest BCUT2D eigenvalue weighted by atomic mass is 16.5. The molecule has 2 atom stereocenters. The molecule has 2 aliphatic rings. The first kappa shape index (κ1) is 13.9. The minimum absolute atomic E-state index is 0.167. The molecule has 0 radical (unpaired) electrons. The van der Waals surface area contributed by atoms with Crippen LogP contribution in [0.2, 0.25) is 0 Å². The first-order chi connectivity index (χ1) is 9.53. The highest BCUT2D eigenvalue weighted by molar-refractivity contribution is 5.37. The molecule has 2 nitrogen and oxygen atoms in total. The third kappa shape index (κ3) is 3.01. The third-order valence-electron chi connectivity index (χ3n) is 4.99. The smallest absolute Gasteiger partial charge is 0.120 e. The molecule has 2 unspecified atom stereocenters. The van der Waals surface area contributed by atoms with Gasteiger partial charge >= 0.3 is 0 Å². The summed E-state index contributed by atoms with van der Waals surface area (Å²) in [7, 11) is 0. The van der Waals surface area contributed by atoms with Gasteiger partial charge in [0.25, 0.3) is 0 Å². The number of benzene rings is 1. The van der Waals surface area contributed by atoms with Crippen LogP contribution >= 0.6 is 0 Å². The Morgan fingerprint density at radius 3 is 2.70 bits per heavy atom. The normalized spacial score (nSPS) is 28.8. The van der Waals surface area contributed by atoms with Crippen molar-refractivity contribution in [2.75, 3.05) is 0 Å². The van der Waals surface area contributed by atoms with Crippen LogP contribution in [0.3, 0.4) is 0 Å². The van der Waals surface area contributed by atoms with Crippen LogP contribution in [0.15, 0.2) is 18.2 Å². The topological polar surface area (TPSA) is 35.2 Å². The number of hydrogen-bond acceptors (Lipinski definition) is 2. The number of rotatable bonds is 2. The quantitative estimate of drug-likeness (QED) is 0.888. The monoisotopic (exact) mass is 273 g/mol.